The van der Waals surface area contributed by atoms with Crippen molar-refractivity contribution in [2.24, 2.45) is 11.8 Å². The van der Waals surface area contributed by atoms with Crippen molar-refractivity contribution in [1.29, 1.82) is 0 Å². The van der Waals surface area contributed by atoms with Gasteiger partial charge in [0.05, 0.1) is 11.5 Å². The van der Waals surface area contributed by atoms with Crippen molar-refractivity contribution >= 4 is 20.1 Å². The average molecular weight is 345 g/mol. The van der Waals surface area contributed by atoms with E-state index in [2.05, 4.69) is 14.8 Å². The van der Waals surface area contributed by atoms with Crippen molar-refractivity contribution in [3.63, 3.8) is 0 Å². The van der Waals surface area contributed by atoms with Crippen LogP contribution in [0.15, 0.2) is 12.1 Å². The van der Waals surface area contributed by atoms with Gasteiger partial charge in [0.1, 0.15) is 25.4 Å². The number of carbonyl (C=O) groups is 2. The van der Waals surface area contributed by atoms with Crippen LogP contribution in [-0.4, -0.2) is 61.0 Å². The highest BCUT2D eigenvalue weighted by Gasteiger charge is 2.45. The van der Waals surface area contributed by atoms with Crippen molar-refractivity contribution in [1.82, 2.24) is 4.90 Å². The van der Waals surface area contributed by atoms with Crippen molar-refractivity contribution in [2.75, 3.05) is 19.6 Å². The monoisotopic (exact) mass is 345 g/mol. The normalized spacial score (nSPS) is 27.4. The van der Waals surface area contributed by atoms with E-state index in [-0.39, 0.29) is 17.4 Å². The predicted octanol–water partition coefficient (Wildman–Crippen LogP) is 1.14. The maximum atomic E-state index is 11.5. The van der Waals surface area contributed by atoms with Gasteiger partial charge in [-0.25, -0.2) is 0 Å². The molecule has 1 aromatic carbocycles. The molecule has 7 heteroatoms. The van der Waals surface area contributed by atoms with Crippen LogP contribution >= 0.6 is 0 Å². The molecule has 1 aliphatic carbocycles. The Morgan fingerprint density at radius 3 is 2.64 bits per heavy atom. The fourth-order valence-corrected chi connectivity index (χ4v) is 3.71. The number of carbonyl (C=O) groups excluding carboxylic acids is 1. The molecular formula is C18H24BNO5. The first kappa shape index (κ1) is 17.8. The third-order valence-corrected chi connectivity index (χ3v) is 5.68. The third kappa shape index (κ3) is 3.38. The lowest BCUT2D eigenvalue weighted by atomic mass is 9.95. The molecule has 1 aliphatic heterocycles. The molecule has 3 rings (SSSR count). The molecule has 0 amide bonds. The number of phenolic OH excluding ortho intramolecular Hbond substituents is 1. The minimum absolute atomic E-state index is 0.0318. The van der Waals surface area contributed by atoms with Crippen LogP contribution in [0.3, 0.4) is 0 Å². The number of aldehydes is 1. The molecule has 0 radical (unpaired) electrons. The Morgan fingerprint density at radius 2 is 2.12 bits per heavy atom. The van der Waals surface area contributed by atoms with Gasteiger partial charge < -0.3 is 14.9 Å². The van der Waals surface area contributed by atoms with Gasteiger partial charge in [0.2, 0.25) is 0 Å². The minimum Gasteiger partial charge on any atom is -0.507 e. The van der Waals surface area contributed by atoms with Gasteiger partial charge in [-0.05, 0) is 23.5 Å². The summed E-state index contributed by atoms with van der Waals surface area (Å²) in [5, 5.41) is 19.4. The Hall–Kier alpha value is -2.02. The second-order valence-electron chi connectivity index (χ2n) is 7.47. The van der Waals surface area contributed by atoms with Crippen LogP contribution < -0.4 is 4.74 Å². The van der Waals surface area contributed by atoms with E-state index in [4.69, 9.17) is 9.84 Å². The summed E-state index contributed by atoms with van der Waals surface area (Å²) in [5.74, 6) is 0.512. The Morgan fingerprint density at radius 1 is 1.48 bits per heavy atom. The lowest BCUT2D eigenvalue weighted by molar-refractivity contribution is -0.142. The quantitative estimate of drug-likeness (QED) is 0.569. The van der Waals surface area contributed by atoms with E-state index in [9.17, 15) is 14.7 Å². The first-order valence-corrected chi connectivity index (χ1v) is 8.76. The van der Waals surface area contributed by atoms with Gasteiger partial charge in [-0.3, -0.25) is 14.5 Å². The molecule has 0 aromatic heterocycles. The second-order valence-corrected chi connectivity index (χ2v) is 7.47. The summed E-state index contributed by atoms with van der Waals surface area (Å²) < 4.78 is 5.85. The molecule has 1 saturated heterocycles. The van der Waals surface area contributed by atoms with Crippen LogP contribution in [0.2, 0.25) is 5.82 Å². The maximum Gasteiger partial charge on any atom is 0.307 e. The summed E-state index contributed by atoms with van der Waals surface area (Å²) in [6, 6.07) is 3.62. The topological polar surface area (TPSA) is 87.1 Å². The Labute approximate surface area is 148 Å². The highest BCUT2D eigenvalue weighted by Crippen LogP contribution is 2.59. The van der Waals surface area contributed by atoms with E-state index in [0.717, 1.165) is 5.56 Å². The van der Waals surface area contributed by atoms with Crippen LogP contribution in [0.1, 0.15) is 35.7 Å². The van der Waals surface area contributed by atoms with Crippen LogP contribution in [0.4, 0.5) is 0 Å². The van der Waals surface area contributed by atoms with Gasteiger partial charge in [-0.1, -0.05) is 25.7 Å². The Bertz CT molecular complexity index is 680. The Balaban J connectivity index is 1.63. The predicted molar refractivity (Wildman–Crippen MR) is 95.3 cm³/mol. The smallest absolute Gasteiger partial charge is 0.307 e. The molecule has 1 saturated carbocycles. The largest absolute Gasteiger partial charge is 0.507 e. The van der Waals surface area contributed by atoms with E-state index in [1.807, 2.05) is 11.0 Å². The zero-order chi connectivity index (χ0) is 18.3. The number of aromatic hydroxyl groups is 1. The number of phenols is 1. The zero-order valence-electron chi connectivity index (χ0n) is 14.8. The second kappa shape index (κ2) is 6.71. The standard InChI is InChI=1S/C18H24BNO5/c1-9(18(23)24)5-20-6-11(7-20)25-14-4-3-12(15-10(2)16(15)19)17(22)13(14)8-21/h3-4,8-11,15-16,22H,5-7,19H2,1-2H3,(H,23,24). The third-order valence-electron chi connectivity index (χ3n) is 5.68. The summed E-state index contributed by atoms with van der Waals surface area (Å²) in [4.78, 5) is 24.4. The number of aliphatic carboxylic acids is 1. The molecule has 2 aliphatic rings. The molecule has 1 heterocycles. The summed E-state index contributed by atoms with van der Waals surface area (Å²) in [6.45, 7) is 5.54. The SMILES string of the molecule is BC1C(C)C1c1ccc(OC2CN(CC(C)C(=O)O)C2)c(C=O)c1O. The number of benzene rings is 1. The molecule has 2 fully saturated rings. The zero-order valence-corrected chi connectivity index (χ0v) is 14.8. The van der Waals surface area contributed by atoms with Gasteiger partial charge >= 0.3 is 5.97 Å². The molecule has 4 unspecified atom stereocenters. The number of carboxylic acids is 1. The number of ether oxygens (including phenoxy) is 1. The van der Waals surface area contributed by atoms with Crippen LogP contribution in [0.25, 0.3) is 0 Å². The molecule has 0 bridgehead atoms. The van der Waals surface area contributed by atoms with Gasteiger partial charge in [0.25, 0.3) is 0 Å². The van der Waals surface area contributed by atoms with E-state index in [1.165, 1.54) is 0 Å². The van der Waals surface area contributed by atoms with E-state index in [0.29, 0.717) is 49.3 Å². The van der Waals surface area contributed by atoms with Crippen molar-refractivity contribution in [3.8, 4) is 11.5 Å². The highest BCUT2D eigenvalue weighted by molar-refractivity contribution is 6.15. The number of nitrogens with zero attached hydrogens (tertiary/aromatic N) is 1. The van der Waals surface area contributed by atoms with Crippen LogP contribution in [-0.2, 0) is 4.79 Å². The van der Waals surface area contributed by atoms with Crippen LogP contribution in [0, 0.1) is 11.8 Å². The first-order chi connectivity index (χ1) is 11.8. The van der Waals surface area contributed by atoms with E-state index in [1.54, 1.807) is 13.0 Å². The minimum atomic E-state index is -0.809. The summed E-state index contributed by atoms with van der Waals surface area (Å²) >= 11 is 0. The summed E-state index contributed by atoms with van der Waals surface area (Å²) in [5.41, 5.74) is 1.03. The lowest BCUT2D eigenvalue weighted by Gasteiger charge is -2.40. The Kier molecular flexibility index (Phi) is 4.78. The van der Waals surface area contributed by atoms with Crippen LogP contribution in [0.5, 0.6) is 11.5 Å². The van der Waals surface area contributed by atoms with E-state index < -0.39 is 11.9 Å². The molecule has 134 valence electrons. The molecule has 2 N–H and O–H groups in total. The molecular weight excluding hydrogens is 321 g/mol. The van der Waals surface area contributed by atoms with Gasteiger partial charge in [-0.2, -0.15) is 0 Å². The average Bonchev–Trinajstić information content (AvgIpc) is 3.11. The number of hydrogen-bond donors (Lipinski definition) is 2. The highest BCUT2D eigenvalue weighted by atomic mass is 16.5. The fraction of sp³-hybridized carbons (Fsp3) is 0.556. The molecule has 1 aromatic rings. The molecule has 6 nitrogen and oxygen atoms in total. The molecule has 25 heavy (non-hydrogen) atoms. The van der Waals surface area contributed by atoms with Crippen molar-refractivity contribution < 1.29 is 24.5 Å². The maximum absolute atomic E-state index is 11.5. The molecule has 4 atom stereocenters. The number of hydrogen-bond acceptors (Lipinski definition) is 5. The van der Waals surface area contributed by atoms with Gasteiger partial charge in [0.15, 0.2) is 6.29 Å². The van der Waals surface area contributed by atoms with Crippen molar-refractivity contribution in [3.05, 3.63) is 23.3 Å². The number of likely N-dealkylation sites (tertiary alicyclic amines) is 1. The number of carboxylic acid groups (broad SMARTS) is 1. The van der Waals surface area contributed by atoms with Gasteiger partial charge in [0, 0.05) is 19.6 Å². The lowest BCUT2D eigenvalue weighted by Crippen LogP contribution is -2.55. The van der Waals surface area contributed by atoms with E-state index >= 15 is 0 Å². The first-order valence-electron chi connectivity index (χ1n) is 8.76. The summed E-state index contributed by atoms with van der Waals surface area (Å²) in [6.07, 6.45) is 0.554. The van der Waals surface area contributed by atoms with Crippen molar-refractivity contribution in [2.45, 2.75) is 31.7 Å². The van der Waals surface area contributed by atoms with Gasteiger partial charge in [-0.15, -0.1) is 0 Å². The number of rotatable bonds is 7. The fourth-order valence-electron chi connectivity index (χ4n) is 3.71. The molecule has 0 spiro atoms. The summed E-state index contributed by atoms with van der Waals surface area (Å²) in [7, 11) is 2.14.